The molecule has 11 heteroatoms. The molecule has 0 bridgehead atoms. The van der Waals surface area contributed by atoms with Gasteiger partial charge in [-0.3, -0.25) is 19.7 Å². The van der Waals surface area contributed by atoms with Crippen LogP contribution in [0.2, 0.25) is 0 Å². The molecular formula is C18H18N4O6S. The predicted molar refractivity (Wildman–Crippen MR) is 104 cm³/mol. The van der Waals surface area contributed by atoms with Gasteiger partial charge in [-0.25, -0.2) is 9.57 Å². The first-order valence-electron chi connectivity index (χ1n) is 8.38. The van der Waals surface area contributed by atoms with E-state index in [1.54, 1.807) is 6.07 Å². The number of nitrogens with zero attached hydrogens (tertiary/aromatic N) is 3. The molecule has 0 radical (unpaired) electrons. The zero-order valence-electron chi connectivity index (χ0n) is 15.5. The Kier molecular flexibility index (Phi) is 5.75. The fourth-order valence-electron chi connectivity index (χ4n) is 2.71. The predicted octanol–water partition coefficient (Wildman–Crippen LogP) is 3.43. The number of aromatic nitrogens is 2. The van der Waals surface area contributed by atoms with Gasteiger partial charge in [-0.1, -0.05) is 17.7 Å². The first-order chi connectivity index (χ1) is 13.7. The summed E-state index contributed by atoms with van der Waals surface area (Å²) in [4.78, 5) is 16.6. The van der Waals surface area contributed by atoms with Gasteiger partial charge in [0.05, 0.1) is 22.0 Å². The van der Waals surface area contributed by atoms with Gasteiger partial charge >= 0.3 is 0 Å². The van der Waals surface area contributed by atoms with E-state index >= 15 is 0 Å². The molecule has 3 rings (SSSR count). The number of nitrogens with one attached hydrogen (secondary N) is 1. The molecule has 0 fully saturated rings. The minimum Gasteiger partial charge on any atom is -0.290 e. The van der Waals surface area contributed by atoms with Crippen LogP contribution in [0.15, 0.2) is 62.4 Å². The first-order valence-corrected chi connectivity index (χ1v) is 9.82. The van der Waals surface area contributed by atoms with Crippen molar-refractivity contribution in [2.45, 2.75) is 25.3 Å². The van der Waals surface area contributed by atoms with E-state index in [-0.39, 0.29) is 28.6 Å². The highest BCUT2D eigenvalue weighted by Crippen LogP contribution is 2.24. The summed E-state index contributed by atoms with van der Waals surface area (Å²) in [6.45, 7) is 3.47. The number of azo groups is 1. The fraction of sp³-hybridized carbons (Fsp3) is 0.167. The highest BCUT2D eigenvalue weighted by molar-refractivity contribution is 7.85. The Balaban J connectivity index is 2.03. The highest BCUT2D eigenvalue weighted by atomic mass is 32.2. The maximum Gasteiger partial charge on any atom is 0.299 e. The Morgan fingerprint density at radius 3 is 2.38 bits per heavy atom. The average Bonchev–Trinajstić information content (AvgIpc) is 2.96. The van der Waals surface area contributed by atoms with Crippen molar-refractivity contribution in [3.05, 3.63) is 69.6 Å². The molecule has 0 aliphatic carbocycles. The van der Waals surface area contributed by atoms with Crippen LogP contribution in [0.25, 0.3) is 5.69 Å². The molecule has 1 heterocycles. The van der Waals surface area contributed by atoms with Gasteiger partial charge in [-0.05, 0) is 49.7 Å². The summed E-state index contributed by atoms with van der Waals surface area (Å²) in [6, 6.07) is 10.5. The second kappa shape index (κ2) is 8.09. The molecule has 0 saturated heterocycles. The van der Waals surface area contributed by atoms with Crippen LogP contribution in [0.4, 0.5) is 11.4 Å². The maximum absolute atomic E-state index is 12.8. The minimum absolute atomic E-state index is 0.0714. The van der Waals surface area contributed by atoms with E-state index in [1.165, 1.54) is 12.1 Å². The van der Waals surface area contributed by atoms with Crippen LogP contribution in [-0.2, 0) is 21.6 Å². The van der Waals surface area contributed by atoms with Crippen LogP contribution >= 0.6 is 0 Å². The first kappa shape index (κ1) is 20.6. The molecule has 0 amide bonds. The quantitative estimate of drug-likeness (QED) is 0.242. The van der Waals surface area contributed by atoms with Crippen LogP contribution in [0.5, 0.6) is 0 Å². The van der Waals surface area contributed by atoms with Crippen molar-refractivity contribution in [2.75, 3.05) is 0 Å². The molecular weight excluding hydrogens is 400 g/mol. The van der Waals surface area contributed by atoms with E-state index in [1.807, 2.05) is 26.0 Å². The number of hydrogen-bond acceptors (Lipinski definition) is 7. The van der Waals surface area contributed by atoms with Gasteiger partial charge in [0.1, 0.15) is 6.61 Å². The Labute approximate surface area is 165 Å². The summed E-state index contributed by atoms with van der Waals surface area (Å²) in [6.07, 6.45) is 0. The third-order valence-corrected chi connectivity index (χ3v) is 5.02. The second-order valence-electron chi connectivity index (χ2n) is 6.31. The topological polar surface area (TPSA) is 146 Å². The standard InChI is InChI=1S/C18H18N4O6S/c1-11-3-8-15(12(2)9-11)19-20-17-16(10-28-24)21-22(18(17)23)13-4-6-14(7-5-13)29(25,26)27/h3-9,21,24H,10H2,1-2H3,(H,25,26,27). The molecule has 0 aliphatic rings. The molecule has 0 saturated carbocycles. The number of hydrogen-bond donors (Lipinski definition) is 3. The van der Waals surface area contributed by atoms with Gasteiger partial charge in [-0.15, -0.1) is 5.11 Å². The summed E-state index contributed by atoms with van der Waals surface area (Å²) in [5.41, 5.74) is 2.33. The number of aromatic amines is 1. The van der Waals surface area contributed by atoms with Gasteiger partial charge in [0.25, 0.3) is 15.7 Å². The van der Waals surface area contributed by atoms with Crippen LogP contribution in [0.3, 0.4) is 0 Å². The summed E-state index contributed by atoms with van der Waals surface area (Å²) in [7, 11) is -4.35. The van der Waals surface area contributed by atoms with Crippen molar-refractivity contribution in [1.82, 2.24) is 9.78 Å². The zero-order chi connectivity index (χ0) is 21.2. The molecule has 2 aromatic carbocycles. The summed E-state index contributed by atoms with van der Waals surface area (Å²) in [5, 5.41) is 19.7. The number of H-pyrrole nitrogens is 1. The third-order valence-electron chi connectivity index (χ3n) is 4.15. The van der Waals surface area contributed by atoms with Crippen LogP contribution < -0.4 is 5.56 Å². The lowest BCUT2D eigenvalue weighted by Crippen LogP contribution is -2.14. The van der Waals surface area contributed by atoms with Crippen molar-refractivity contribution < 1.29 is 23.1 Å². The molecule has 29 heavy (non-hydrogen) atoms. The van der Waals surface area contributed by atoms with Crippen LogP contribution in [0, 0.1) is 13.8 Å². The van der Waals surface area contributed by atoms with Gasteiger partial charge < -0.3 is 0 Å². The van der Waals surface area contributed by atoms with Gasteiger partial charge in [-0.2, -0.15) is 13.5 Å². The Bertz CT molecular complexity index is 1230. The highest BCUT2D eigenvalue weighted by Gasteiger charge is 2.17. The Morgan fingerprint density at radius 2 is 1.79 bits per heavy atom. The van der Waals surface area contributed by atoms with E-state index in [0.29, 0.717) is 5.69 Å². The lowest BCUT2D eigenvalue weighted by Gasteiger charge is -2.02. The number of rotatable bonds is 6. The van der Waals surface area contributed by atoms with Gasteiger partial charge in [0.15, 0.2) is 5.69 Å². The molecule has 0 atom stereocenters. The number of aryl methyl sites for hydroxylation is 2. The molecule has 0 aliphatic heterocycles. The zero-order valence-corrected chi connectivity index (χ0v) is 16.3. The minimum atomic E-state index is -4.35. The van der Waals surface area contributed by atoms with E-state index < -0.39 is 15.7 Å². The second-order valence-corrected chi connectivity index (χ2v) is 7.73. The largest absolute Gasteiger partial charge is 0.299 e. The average molecular weight is 418 g/mol. The fourth-order valence-corrected chi connectivity index (χ4v) is 3.19. The third kappa shape index (κ3) is 4.49. The molecule has 0 spiro atoms. The molecule has 0 unspecified atom stereocenters. The van der Waals surface area contributed by atoms with Gasteiger partial charge in [0.2, 0.25) is 0 Å². The van der Waals surface area contributed by atoms with E-state index in [0.717, 1.165) is 27.9 Å². The summed E-state index contributed by atoms with van der Waals surface area (Å²) < 4.78 is 32.5. The Hall–Kier alpha value is -3.12. The monoisotopic (exact) mass is 418 g/mol. The number of benzene rings is 2. The van der Waals surface area contributed by atoms with E-state index in [9.17, 15) is 13.2 Å². The van der Waals surface area contributed by atoms with Crippen molar-refractivity contribution in [3.8, 4) is 5.69 Å². The van der Waals surface area contributed by atoms with E-state index in [4.69, 9.17) is 9.81 Å². The molecule has 152 valence electrons. The van der Waals surface area contributed by atoms with Gasteiger partial charge in [0, 0.05) is 0 Å². The van der Waals surface area contributed by atoms with Crippen molar-refractivity contribution in [1.29, 1.82) is 0 Å². The summed E-state index contributed by atoms with van der Waals surface area (Å²) in [5.74, 6) is 0. The van der Waals surface area contributed by atoms with Crippen molar-refractivity contribution >= 4 is 21.5 Å². The van der Waals surface area contributed by atoms with Crippen LogP contribution in [0.1, 0.15) is 16.8 Å². The van der Waals surface area contributed by atoms with E-state index in [2.05, 4.69) is 20.2 Å². The lowest BCUT2D eigenvalue weighted by molar-refractivity contribution is -0.253. The molecule has 3 N–H and O–H groups in total. The molecule has 10 nitrogen and oxygen atoms in total. The Morgan fingerprint density at radius 1 is 1.10 bits per heavy atom. The molecule has 3 aromatic rings. The summed E-state index contributed by atoms with van der Waals surface area (Å²) >= 11 is 0. The lowest BCUT2D eigenvalue weighted by atomic mass is 10.1. The SMILES string of the molecule is Cc1ccc(N=Nc2c(COO)[nH]n(-c3ccc(S(=O)(=O)O)cc3)c2=O)c(C)c1. The molecule has 1 aromatic heterocycles. The normalized spacial score (nSPS) is 12.0. The van der Waals surface area contributed by atoms with Crippen LogP contribution in [-0.4, -0.2) is 28.0 Å². The smallest absolute Gasteiger partial charge is 0.290 e. The maximum atomic E-state index is 12.8. The van der Waals surface area contributed by atoms with Crippen molar-refractivity contribution in [3.63, 3.8) is 0 Å². The van der Waals surface area contributed by atoms with Crippen molar-refractivity contribution in [2.24, 2.45) is 10.2 Å².